The molecule has 1 aromatic carbocycles. The quantitative estimate of drug-likeness (QED) is 0.719. The maximum atomic E-state index is 13.0. The molecule has 0 spiro atoms. The Morgan fingerprint density at radius 1 is 1.19 bits per heavy atom. The molecule has 2 aliphatic heterocycles. The van der Waals surface area contributed by atoms with Crippen molar-refractivity contribution in [1.82, 2.24) is 9.80 Å². The summed E-state index contributed by atoms with van der Waals surface area (Å²) < 4.78 is 5.32. The second-order valence-electron chi connectivity index (χ2n) is 7.11. The number of carbonyl (C=O) groups excluding carboxylic acids is 2. The van der Waals surface area contributed by atoms with Crippen molar-refractivity contribution in [3.05, 3.63) is 29.3 Å². The monoisotopic (exact) mass is 393 g/mol. The van der Waals surface area contributed by atoms with Crippen LogP contribution in [-0.4, -0.2) is 67.2 Å². The molecule has 0 unspecified atom stereocenters. The number of piperazine rings is 1. The van der Waals surface area contributed by atoms with Gasteiger partial charge in [0.1, 0.15) is 6.04 Å². The van der Waals surface area contributed by atoms with E-state index in [0.29, 0.717) is 31.3 Å². The molecule has 0 radical (unpaired) electrons. The van der Waals surface area contributed by atoms with Gasteiger partial charge in [-0.25, -0.2) is 4.79 Å². The number of hydrogen-bond acceptors (Lipinski definition) is 4. The van der Waals surface area contributed by atoms with Crippen molar-refractivity contribution >= 4 is 29.3 Å². The van der Waals surface area contributed by atoms with Gasteiger partial charge in [-0.1, -0.05) is 31.0 Å². The number of benzene rings is 1. The van der Waals surface area contributed by atoms with Gasteiger partial charge in [0, 0.05) is 43.4 Å². The number of ether oxygens (including phenoxy) is 1. The summed E-state index contributed by atoms with van der Waals surface area (Å²) in [4.78, 5) is 31.0. The fourth-order valence-electron chi connectivity index (χ4n) is 3.70. The molecule has 2 saturated heterocycles. The highest BCUT2D eigenvalue weighted by Crippen LogP contribution is 2.24. The average Bonchev–Trinajstić information content (AvgIpc) is 3.17. The van der Waals surface area contributed by atoms with Crippen LogP contribution in [0.4, 0.5) is 10.5 Å². The highest BCUT2D eigenvalue weighted by Gasteiger charge is 2.38. The van der Waals surface area contributed by atoms with Crippen LogP contribution in [0.5, 0.6) is 0 Å². The number of amides is 2. The zero-order valence-electron chi connectivity index (χ0n) is 15.9. The number of likely N-dealkylation sites (tertiary alicyclic amines) is 1. The van der Waals surface area contributed by atoms with E-state index >= 15 is 0 Å². The molecule has 0 saturated carbocycles. The van der Waals surface area contributed by atoms with Crippen LogP contribution in [0, 0.1) is 0 Å². The maximum Gasteiger partial charge on any atom is 0.410 e. The third-order valence-corrected chi connectivity index (χ3v) is 5.50. The normalized spacial score (nSPS) is 20.1. The maximum absolute atomic E-state index is 13.0. The van der Waals surface area contributed by atoms with Gasteiger partial charge in [-0.2, -0.15) is 0 Å². The molecule has 3 rings (SSSR count). The Bertz CT molecular complexity index is 662. The Morgan fingerprint density at radius 2 is 1.96 bits per heavy atom. The molecule has 7 heteroatoms. The number of carbonyl (C=O) groups is 2. The SMILES string of the molecule is CCCCOC(=O)N1CCC[C@H]1C(=O)N1CCN(c2cccc(Cl)c2)CC1. The molecule has 1 aromatic rings. The topological polar surface area (TPSA) is 53.1 Å². The van der Waals surface area contributed by atoms with Crippen LogP contribution >= 0.6 is 11.6 Å². The van der Waals surface area contributed by atoms with Crippen molar-refractivity contribution in [2.24, 2.45) is 0 Å². The van der Waals surface area contributed by atoms with Gasteiger partial charge in [-0.05, 0) is 37.5 Å². The number of halogens is 1. The molecule has 0 aliphatic carbocycles. The minimum Gasteiger partial charge on any atom is -0.449 e. The van der Waals surface area contributed by atoms with E-state index in [4.69, 9.17) is 16.3 Å². The first-order chi connectivity index (χ1) is 13.1. The minimum atomic E-state index is -0.378. The zero-order chi connectivity index (χ0) is 19.2. The highest BCUT2D eigenvalue weighted by atomic mass is 35.5. The van der Waals surface area contributed by atoms with Gasteiger partial charge in [-0.15, -0.1) is 0 Å². The summed E-state index contributed by atoms with van der Waals surface area (Å²) in [6.45, 7) is 5.91. The fraction of sp³-hybridized carbons (Fsp3) is 0.600. The third-order valence-electron chi connectivity index (χ3n) is 5.26. The summed E-state index contributed by atoms with van der Waals surface area (Å²) in [5.74, 6) is 0.0469. The molecular weight excluding hydrogens is 366 g/mol. The number of unbranched alkanes of at least 4 members (excludes halogenated alkanes) is 1. The Labute approximate surface area is 166 Å². The van der Waals surface area contributed by atoms with Crippen LogP contribution in [-0.2, 0) is 9.53 Å². The van der Waals surface area contributed by atoms with Gasteiger partial charge in [0.2, 0.25) is 5.91 Å². The Hall–Kier alpha value is -1.95. The van der Waals surface area contributed by atoms with E-state index in [2.05, 4.69) is 11.8 Å². The van der Waals surface area contributed by atoms with Gasteiger partial charge in [0.05, 0.1) is 6.61 Å². The molecule has 2 aliphatic rings. The van der Waals surface area contributed by atoms with Gasteiger partial charge >= 0.3 is 6.09 Å². The predicted octanol–water partition coefficient (Wildman–Crippen LogP) is 3.39. The third kappa shape index (κ3) is 4.86. The van der Waals surface area contributed by atoms with Gasteiger partial charge < -0.3 is 14.5 Å². The summed E-state index contributed by atoms with van der Waals surface area (Å²) >= 11 is 6.08. The lowest BCUT2D eigenvalue weighted by molar-refractivity contribution is -0.135. The van der Waals surface area contributed by atoms with Crippen molar-refractivity contribution < 1.29 is 14.3 Å². The van der Waals surface area contributed by atoms with E-state index in [1.54, 1.807) is 4.90 Å². The van der Waals surface area contributed by atoms with Crippen molar-refractivity contribution in [2.75, 3.05) is 44.2 Å². The zero-order valence-corrected chi connectivity index (χ0v) is 16.7. The van der Waals surface area contributed by atoms with Crippen molar-refractivity contribution in [1.29, 1.82) is 0 Å². The standard InChI is InChI=1S/C20H28ClN3O3/c1-2-3-14-27-20(26)24-9-5-8-18(24)19(25)23-12-10-22(11-13-23)17-7-4-6-16(21)15-17/h4,6-7,15,18H,2-3,5,8-14H2,1H3/t18-/m0/s1. The summed E-state index contributed by atoms with van der Waals surface area (Å²) in [6.07, 6.45) is 3.05. The molecule has 2 fully saturated rings. The molecule has 0 aromatic heterocycles. The molecule has 0 bridgehead atoms. The molecule has 148 valence electrons. The fourth-order valence-corrected chi connectivity index (χ4v) is 3.88. The molecule has 1 atom stereocenters. The van der Waals surface area contributed by atoms with E-state index in [1.807, 2.05) is 29.2 Å². The first-order valence-corrected chi connectivity index (χ1v) is 10.2. The summed E-state index contributed by atoms with van der Waals surface area (Å²) in [5.41, 5.74) is 1.08. The summed E-state index contributed by atoms with van der Waals surface area (Å²) in [7, 11) is 0. The Balaban J connectivity index is 1.54. The van der Waals surface area contributed by atoms with Crippen LogP contribution in [0.25, 0.3) is 0 Å². The number of anilines is 1. The van der Waals surface area contributed by atoms with Crippen LogP contribution in [0.3, 0.4) is 0 Å². The van der Waals surface area contributed by atoms with E-state index < -0.39 is 0 Å². The second-order valence-corrected chi connectivity index (χ2v) is 7.55. The van der Waals surface area contributed by atoms with Gasteiger partial charge in [0.15, 0.2) is 0 Å². The smallest absolute Gasteiger partial charge is 0.410 e. The molecule has 0 N–H and O–H groups in total. The average molecular weight is 394 g/mol. The van der Waals surface area contributed by atoms with Crippen LogP contribution in [0.2, 0.25) is 5.02 Å². The molecule has 2 amide bonds. The Morgan fingerprint density at radius 3 is 2.67 bits per heavy atom. The van der Waals surface area contributed by atoms with E-state index in [0.717, 1.165) is 44.5 Å². The summed E-state index contributed by atoms with van der Waals surface area (Å²) in [5, 5.41) is 0.717. The lowest BCUT2D eigenvalue weighted by atomic mass is 10.1. The minimum absolute atomic E-state index is 0.0469. The van der Waals surface area contributed by atoms with Crippen LogP contribution in [0.1, 0.15) is 32.6 Å². The van der Waals surface area contributed by atoms with E-state index in [9.17, 15) is 9.59 Å². The van der Waals surface area contributed by atoms with Crippen LogP contribution in [0.15, 0.2) is 24.3 Å². The van der Waals surface area contributed by atoms with Crippen molar-refractivity contribution in [2.45, 2.75) is 38.6 Å². The lowest BCUT2D eigenvalue weighted by Gasteiger charge is -2.38. The molecule has 2 heterocycles. The first-order valence-electron chi connectivity index (χ1n) is 9.83. The highest BCUT2D eigenvalue weighted by molar-refractivity contribution is 6.30. The largest absolute Gasteiger partial charge is 0.449 e. The number of hydrogen-bond donors (Lipinski definition) is 0. The van der Waals surface area contributed by atoms with Gasteiger partial charge in [-0.3, -0.25) is 9.69 Å². The predicted molar refractivity (Wildman–Crippen MR) is 106 cm³/mol. The number of nitrogens with zero attached hydrogens (tertiary/aromatic N) is 3. The van der Waals surface area contributed by atoms with Gasteiger partial charge in [0.25, 0.3) is 0 Å². The van der Waals surface area contributed by atoms with Crippen molar-refractivity contribution in [3.8, 4) is 0 Å². The lowest BCUT2D eigenvalue weighted by Crippen LogP contribution is -2.54. The molecule has 6 nitrogen and oxygen atoms in total. The van der Waals surface area contributed by atoms with E-state index in [1.165, 1.54) is 0 Å². The van der Waals surface area contributed by atoms with Crippen molar-refractivity contribution in [3.63, 3.8) is 0 Å². The van der Waals surface area contributed by atoms with E-state index in [-0.39, 0.29) is 18.0 Å². The molecular formula is C20H28ClN3O3. The first kappa shape index (κ1) is 19.8. The Kier molecular flexibility index (Phi) is 6.83. The number of rotatable bonds is 5. The molecule has 27 heavy (non-hydrogen) atoms. The van der Waals surface area contributed by atoms with Crippen LogP contribution < -0.4 is 4.90 Å². The second kappa shape index (κ2) is 9.31. The summed E-state index contributed by atoms with van der Waals surface area (Å²) in [6, 6.07) is 7.41.